The van der Waals surface area contributed by atoms with Gasteiger partial charge in [-0.1, -0.05) is 23.7 Å². The monoisotopic (exact) mass is 608 g/mol. The maximum atomic E-state index is 14.1. The van der Waals surface area contributed by atoms with Crippen molar-refractivity contribution in [1.82, 2.24) is 0 Å². The van der Waals surface area contributed by atoms with Gasteiger partial charge in [0.05, 0.1) is 26.5 Å². The average Bonchev–Trinajstić information content (AvgIpc) is 3.35. The number of carbonyl (C=O) groups is 2. The lowest BCUT2D eigenvalue weighted by atomic mass is 10.0. The van der Waals surface area contributed by atoms with Crippen molar-refractivity contribution in [1.29, 1.82) is 0 Å². The molecular formula is C29H28ClF3N2O7. The first kappa shape index (κ1) is 30.6. The standard InChI is InChI=1S/C29H28ClF3N2O7/c1-39-21-13-20(14-22(15-21)41-11-3-4-26(36)37)34-27(17-5-7-19(30)8-6-17)28(38)35-10-9-18-12-24(40-2)25(16-23(18)35)42-29(31,32)33/h5-8,12-16,27,34H,3-4,9-11H2,1-2H3,(H,36,37). The van der Waals surface area contributed by atoms with Crippen molar-refractivity contribution in [2.75, 3.05) is 37.6 Å². The fourth-order valence-corrected chi connectivity index (χ4v) is 4.65. The van der Waals surface area contributed by atoms with Crippen molar-refractivity contribution >= 4 is 34.9 Å². The van der Waals surface area contributed by atoms with E-state index in [1.807, 2.05) is 0 Å². The van der Waals surface area contributed by atoms with Gasteiger partial charge < -0.3 is 34.3 Å². The van der Waals surface area contributed by atoms with Gasteiger partial charge in [0.25, 0.3) is 5.91 Å². The Labute approximate surface area is 244 Å². The normalized spacial score (nSPS) is 13.2. The number of carboxylic acid groups (broad SMARTS) is 1. The van der Waals surface area contributed by atoms with Crippen LogP contribution in [0, 0.1) is 0 Å². The number of methoxy groups -OCH3 is 2. The number of carboxylic acids is 1. The minimum Gasteiger partial charge on any atom is -0.497 e. The Balaban J connectivity index is 1.67. The van der Waals surface area contributed by atoms with Crippen LogP contribution in [0.2, 0.25) is 5.02 Å². The Morgan fingerprint density at radius 3 is 2.38 bits per heavy atom. The molecule has 224 valence electrons. The van der Waals surface area contributed by atoms with Gasteiger partial charge in [-0.2, -0.15) is 0 Å². The minimum absolute atomic E-state index is 0.0544. The van der Waals surface area contributed by atoms with E-state index < -0.39 is 30.0 Å². The molecule has 1 atom stereocenters. The molecular weight excluding hydrogens is 581 g/mol. The zero-order valence-corrected chi connectivity index (χ0v) is 23.4. The first-order chi connectivity index (χ1) is 20.0. The van der Waals surface area contributed by atoms with E-state index in [-0.39, 0.29) is 31.0 Å². The van der Waals surface area contributed by atoms with Crippen LogP contribution in [0.4, 0.5) is 24.5 Å². The van der Waals surface area contributed by atoms with E-state index in [0.717, 1.165) is 6.07 Å². The summed E-state index contributed by atoms with van der Waals surface area (Å²) in [6.07, 6.45) is -4.33. The molecule has 4 rings (SSSR count). The third kappa shape index (κ3) is 7.69. The van der Waals surface area contributed by atoms with Gasteiger partial charge in [0, 0.05) is 47.9 Å². The number of fused-ring (bicyclic) bond motifs is 1. The summed E-state index contributed by atoms with van der Waals surface area (Å²) in [5.74, 6) is -1.22. The maximum Gasteiger partial charge on any atom is 0.573 e. The van der Waals surface area contributed by atoms with Crippen LogP contribution in [-0.4, -0.2) is 50.7 Å². The highest BCUT2D eigenvalue weighted by Gasteiger charge is 2.36. The fourth-order valence-electron chi connectivity index (χ4n) is 4.52. The highest BCUT2D eigenvalue weighted by molar-refractivity contribution is 6.30. The molecule has 1 aliphatic rings. The predicted molar refractivity (Wildman–Crippen MR) is 149 cm³/mol. The number of carbonyl (C=O) groups excluding carboxylic acids is 1. The second-order valence-corrected chi connectivity index (χ2v) is 9.73. The third-order valence-corrected chi connectivity index (χ3v) is 6.68. The summed E-state index contributed by atoms with van der Waals surface area (Å²) >= 11 is 6.09. The van der Waals surface area contributed by atoms with Gasteiger partial charge in [-0.15, -0.1) is 13.2 Å². The van der Waals surface area contributed by atoms with E-state index in [2.05, 4.69) is 10.1 Å². The second kappa shape index (κ2) is 13.1. The number of nitrogens with one attached hydrogen (secondary N) is 1. The van der Waals surface area contributed by atoms with E-state index in [9.17, 15) is 22.8 Å². The van der Waals surface area contributed by atoms with Crippen molar-refractivity contribution in [3.05, 3.63) is 70.7 Å². The molecule has 0 radical (unpaired) electrons. The zero-order chi connectivity index (χ0) is 30.4. The fraction of sp³-hybridized carbons (Fsp3) is 0.310. The van der Waals surface area contributed by atoms with Crippen LogP contribution in [0.3, 0.4) is 0 Å². The van der Waals surface area contributed by atoms with Gasteiger partial charge in [-0.25, -0.2) is 0 Å². The molecule has 0 bridgehead atoms. The quantitative estimate of drug-likeness (QED) is 0.233. The Morgan fingerprint density at radius 2 is 1.74 bits per heavy atom. The van der Waals surface area contributed by atoms with Crippen LogP contribution in [0.5, 0.6) is 23.0 Å². The smallest absolute Gasteiger partial charge is 0.497 e. The molecule has 2 N–H and O–H groups in total. The number of benzene rings is 3. The molecule has 9 nitrogen and oxygen atoms in total. The Hall–Kier alpha value is -4.32. The molecule has 0 spiro atoms. The maximum absolute atomic E-state index is 14.1. The molecule has 0 aliphatic carbocycles. The lowest BCUT2D eigenvalue weighted by Gasteiger charge is -2.27. The number of alkyl halides is 3. The lowest BCUT2D eigenvalue weighted by molar-refractivity contribution is -0.275. The van der Waals surface area contributed by atoms with E-state index in [4.69, 9.17) is 30.9 Å². The molecule has 42 heavy (non-hydrogen) atoms. The minimum atomic E-state index is -4.96. The van der Waals surface area contributed by atoms with E-state index in [1.165, 1.54) is 25.2 Å². The van der Waals surface area contributed by atoms with Crippen LogP contribution in [0.1, 0.15) is 30.0 Å². The number of rotatable bonds is 12. The number of ether oxygens (including phenoxy) is 4. The number of hydrogen-bond acceptors (Lipinski definition) is 7. The largest absolute Gasteiger partial charge is 0.573 e. The average molecular weight is 609 g/mol. The van der Waals surface area contributed by atoms with Crippen molar-refractivity contribution < 1.29 is 46.8 Å². The van der Waals surface area contributed by atoms with E-state index >= 15 is 0 Å². The summed E-state index contributed by atoms with van der Waals surface area (Å²) in [6.45, 7) is 0.365. The molecule has 1 aliphatic heterocycles. The molecule has 0 fully saturated rings. The van der Waals surface area contributed by atoms with Gasteiger partial charge in [-0.05, 0) is 42.2 Å². The third-order valence-electron chi connectivity index (χ3n) is 6.43. The number of nitrogens with zero attached hydrogens (tertiary/aromatic N) is 1. The molecule has 0 saturated carbocycles. The SMILES string of the molecule is COc1cc(NC(C(=O)N2CCc3cc(OC)c(OC(F)(F)F)cc32)c2ccc(Cl)cc2)cc(OCCCC(=O)O)c1. The summed E-state index contributed by atoms with van der Waals surface area (Å²) in [6, 6.07) is 13.1. The van der Waals surface area contributed by atoms with Gasteiger partial charge in [0.15, 0.2) is 11.5 Å². The summed E-state index contributed by atoms with van der Waals surface area (Å²) in [7, 11) is 2.70. The predicted octanol–water partition coefficient (Wildman–Crippen LogP) is 6.24. The summed E-state index contributed by atoms with van der Waals surface area (Å²) in [5.41, 5.74) is 1.90. The molecule has 13 heteroatoms. The Morgan fingerprint density at radius 1 is 1.02 bits per heavy atom. The van der Waals surface area contributed by atoms with Gasteiger partial charge in [-0.3, -0.25) is 9.59 Å². The molecule has 3 aromatic carbocycles. The van der Waals surface area contributed by atoms with Gasteiger partial charge in [0.1, 0.15) is 17.5 Å². The number of amides is 1. The highest BCUT2D eigenvalue weighted by Crippen LogP contribution is 2.42. The summed E-state index contributed by atoms with van der Waals surface area (Å²) in [5, 5.41) is 12.5. The molecule has 1 heterocycles. The second-order valence-electron chi connectivity index (χ2n) is 9.29. The van der Waals surface area contributed by atoms with Gasteiger partial charge >= 0.3 is 12.3 Å². The van der Waals surface area contributed by atoms with E-state index in [0.29, 0.717) is 46.2 Å². The van der Waals surface area contributed by atoms with Crippen LogP contribution in [-0.2, 0) is 16.0 Å². The van der Waals surface area contributed by atoms with Crippen molar-refractivity contribution in [2.24, 2.45) is 0 Å². The van der Waals surface area contributed by atoms with Crippen LogP contribution >= 0.6 is 11.6 Å². The zero-order valence-electron chi connectivity index (χ0n) is 22.7. The first-order valence-electron chi connectivity index (χ1n) is 12.8. The lowest BCUT2D eigenvalue weighted by Crippen LogP contribution is -2.37. The van der Waals surface area contributed by atoms with Crippen molar-refractivity contribution in [3.63, 3.8) is 0 Å². The first-order valence-corrected chi connectivity index (χ1v) is 13.2. The number of anilines is 2. The summed E-state index contributed by atoms with van der Waals surface area (Å²) in [4.78, 5) is 26.3. The van der Waals surface area contributed by atoms with Crippen LogP contribution in [0.25, 0.3) is 0 Å². The number of aliphatic carboxylic acids is 1. The number of halogens is 4. The van der Waals surface area contributed by atoms with E-state index in [1.54, 1.807) is 42.5 Å². The van der Waals surface area contributed by atoms with Gasteiger partial charge in [0.2, 0.25) is 0 Å². The molecule has 3 aromatic rings. The molecule has 1 unspecified atom stereocenters. The molecule has 0 saturated heterocycles. The Kier molecular flexibility index (Phi) is 9.56. The van der Waals surface area contributed by atoms with Crippen LogP contribution < -0.4 is 29.2 Å². The van der Waals surface area contributed by atoms with Crippen LogP contribution in [0.15, 0.2) is 54.6 Å². The van der Waals surface area contributed by atoms with Crippen molar-refractivity contribution in [2.45, 2.75) is 31.7 Å². The molecule has 1 amide bonds. The highest BCUT2D eigenvalue weighted by atomic mass is 35.5. The topological polar surface area (TPSA) is 107 Å². The summed E-state index contributed by atoms with van der Waals surface area (Å²) < 4.78 is 59.6. The van der Waals surface area contributed by atoms with Crippen molar-refractivity contribution in [3.8, 4) is 23.0 Å². The molecule has 0 aromatic heterocycles. The Bertz CT molecular complexity index is 1430. The number of hydrogen-bond donors (Lipinski definition) is 2.